The summed E-state index contributed by atoms with van der Waals surface area (Å²) in [7, 11) is 1.47. The summed E-state index contributed by atoms with van der Waals surface area (Å²) < 4.78 is 17.5. The molecule has 2 aromatic carbocycles. The number of benzene rings is 2. The van der Waals surface area contributed by atoms with E-state index in [0.29, 0.717) is 31.4 Å². The van der Waals surface area contributed by atoms with Crippen LogP contribution in [0.5, 0.6) is 17.2 Å². The molecule has 6 heteroatoms. The van der Waals surface area contributed by atoms with Gasteiger partial charge >= 0.3 is 5.97 Å². The van der Waals surface area contributed by atoms with E-state index in [1.807, 2.05) is 25.1 Å². The summed E-state index contributed by atoms with van der Waals surface area (Å²) in [5.41, 5.74) is 2.66. The third-order valence-corrected chi connectivity index (χ3v) is 6.78. The number of ketones is 1. The van der Waals surface area contributed by atoms with Gasteiger partial charge in [0.2, 0.25) is 5.75 Å². The number of carbonyl (C=O) groups excluding carboxylic acids is 2. The molecule has 1 saturated carbocycles. The second kappa shape index (κ2) is 9.46. The number of hydrogen-bond acceptors (Lipinski definition) is 6. The molecular weight excluding hydrogens is 420 g/mol. The van der Waals surface area contributed by atoms with E-state index in [-0.39, 0.29) is 36.0 Å². The quantitative estimate of drug-likeness (QED) is 0.481. The SMILES string of the molecule is CCCC(CC)OC(=O)C1(COc2c(-c3cccc4c3CCC4=O)ccc(O)c2OC)CC1. The van der Waals surface area contributed by atoms with E-state index in [9.17, 15) is 14.7 Å². The summed E-state index contributed by atoms with van der Waals surface area (Å²) >= 11 is 0. The van der Waals surface area contributed by atoms with Crippen molar-refractivity contribution in [3.63, 3.8) is 0 Å². The predicted octanol–water partition coefficient (Wildman–Crippen LogP) is 5.48. The standard InChI is InChI=1S/C27H32O6/c1-4-7-17(5-2)33-26(30)27(14-15-27)16-32-24-21(11-13-23(29)25(24)31-3)18-8-6-9-20-19(18)10-12-22(20)28/h6,8-9,11,13,17,29H,4-5,7,10,12,14-16H2,1-3H3. The molecule has 4 rings (SSSR count). The molecule has 1 N–H and O–H groups in total. The van der Waals surface area contributed by atoms with Crippen LogP contribution in [0.25, 0.3) is 11.1 Å². The largest absolute Gasteiger partial charge is 0.504 e. The minimum absolute atomic E-state index is 0.0404. The lowest BCUT2D eigenvalue weighted by Gasteiger charge is -2.23. The van der Waals surface area contributed by atoms with Crippen molar-refractivity contribution in [2.24, 2.45) is 5.41 Å². The number of ether oxygens (including phenoxy) is 3. The second-order valence-electron chi connectivity index (χ2n) is 9.04. The Morgan fingerprint density at radius 1 is 1.06 bits per heavy atom. The van der Waals surface area contributed by atoms with Gasteiger partial charge in [-0.2, -0.15) is 0 Å². The molecule has 1 atom stereocenters. The number of rotatable bonds is 10. The van der Waals surface area contributed by atoms with E-state index in [1.54, 1.807) is 12.1 Å². The van der Waals surface area contributed by atoms with E-state index in [0.717, 1.165) is 41.5 Å². The van der Waals surface area contributed by atoms with Crippen molar-refractivity contribution in [2.75, 3.05) is 13.7 Å². The number of aromatic hydroxyl groups is 1. The summed E-state index contributed by atoms with van der Waals surface area (Å²) in [5.74, 6) is 0.481. The Kier molecular flexibility index (Phi) is 6.63. The normalized spacial score (nSPS) is 16.8. The molecule has 0 aromatic heterocycles. The van der Waals surface area contributed by atoms with Crippen LogP contribution in [0.3, 0.4) is 0 Å². The monoisotopic (exact) mass is 452 g/mol. The zero-order chi connectivity index (χ0) is 23.6. The van der Waals surface area contributed by atoms with Crippen LogP contribution in [0.4, 0.5) is 0 Å². The lowest BCUT2D eigenvalue weighted by atomic mass is 9.95. The molecule has 0 radical (unpaired) electrons. The number of Topliss-reactive ketones (excluding diaryl/α,β-unsaturated/α-hetero) is 1. The summed E-state index contributed by atoms with van der Waals surface area (Å²) in [4.78, 5) is 25.2. The van der Waals surface area contributed by atoms with Gasteiger partial charge in [0.1, 0.15) is 18.1 Å². The minimum atomic E-state index is -0.663. The number of esters is 1. The Hall–Kier alpha value is -3.02. The molecule has 2 aliphatic rings. The fourth-order valence-electron chi connectivity index (χ4n) is 4.56. The number of carbonyl (C=O) groups is 2. The fraction of sp³-hybridized carbons (Fsp3) is 0.481. The minimum Gasteiger partial charge on any atom is -0.504 e. The highest BCUT2D eigenvalue weighted by Crippen LogP contribution is 2.51. The number of methoxy groups -OCH3 is 1. The van der Waals surface area contributed by atoms with E-state index in [1.165, 1.54) is 7.11 Å². The van der Waals surface area contributed by atoms with Crippen molar-refractivity contribution in [1.82, 2.24) is 0 Å². The summed E-state index contributed by atoms with van der Waals surface area (Å²) in [6.07, 6.45) is 5.10. The number of hydrogen-bond donors (Lipinski definition) is 1. The van der Waals surface area contributed by atoms with Crippen LogP contribution in [0.1, 0.15) is 68.3 Å². The highest BCUT2D eigenvalue weighted by molar-refractivity contribution is 6.02. The lowest BCUT2D eigenvalue weighted by Crippen LogP contribution is -2.29. The Bertz CT molecular complexity index is 1050. The van der Waals surface area contributed by atoms with Gasteiger partial charge in [-0.1, -0.05) is 38.5 Å². The van der Waals surface area contributed by atoms with Crippen LogP contribution in [0, 0.1) is 5.41 Å². The van der Waals surface area contributed by atoms with Crippen molar-refractivity contribution in [2.45, 2.75) is 64.9 Å². The molecule has 176 valence electrons. The molecule has 2 aliphatic carbocycles. The highest BCUT2D eigenvalue weighted by Gasteiger charge is 2.53. The molecule has 0 bridgehead atoms. The van der Waals surface area contributed by atoms with Crippen LogP contribution in [-0.4, -0.2) is 36.7 Å². The van der Waals surface area contributed by atoms with Crippen LogP contribution in [0.2, 0.25) is 0 Å². The van der Waals surface area contributed by atoms with Crippen LogP contribution >= 0.6 is 0 Å². The van der Waals surface area contributed by atoms with E-state index in [4.69, 9.17) is 14.2 Å². The number of fused-ring (bicyclic) bond motifs is 1. The zero-order valence-corrected chi connectivity index (χ0v) is 19.6. The number of phenolic OH excluding ortho intramolecular Hbond substituents is 1. The van der Waals surface area contributed by atoms with Gasteiger partial charge in [0, 0.05) is 17.5 Å². The van der Waals surface area contributed by atoms with Crippen molar-refractivity contribution < 1.29 is 28.9 Å². The number of phenols is 1. The predicted molar refractivity (Wildman–Crippen MR) is 125 cm³/mol. The highest BCUT2D eigenvalue weighted by atomic mass is 16.6. The molecule has 0 aliphatic heterocycles. The van der Waals surface area contributed by atoms with Gasteiger partial charge in [-0.15, -0.1) is 0 Å². The molecule has 2 aromatic rings. The maximum Gasteiger partial charge on any atom is 0.315 e. The van der Waals surface area contributed by atoms with Crippen LogP contribution in [0.15, 0.2) is 30.3 Å². The van der Waals surface area contributed by atoms with Crippen LogP contribution < -0.4 is 9.47 Å². The lowest BCUT2D eigenvalue weighted by molar-refractivity contribution is -0.157. The first-order chi connectivity index (χ1) is 15.9. The third-order valence-electron chi connectivity index (χ3n) is 6.78. The second-order valence-corrected chi connectivity index (χ2v) is 9.04. The Balaban J connectivity index is 1.63. The summed E-state index contributed by atoms with van der Waals surface area (Å²) in [6.45, 7) is 4.25. The zero-order valence-electron chi connectivity index (χ0n) is 19.6. The first-order valence-electron chi connectivity index (χ1n) is 11.8. The van der Waals surface area contributed by atoms with E-state index >= 15 is 0 Å². The van der Waals surface area contributed by atoms with Gasteiger partial charge in [-0.05, 0) is 55.4 Å². The first-order valence-corrected chi connectivity index (χ1v) is 11.8. The van der Waals surface area contributed by atoms with Gasteiger partial charge < -0.3 is 19.3 Å². The molecule has 0 saturated heterocycles. The maximum absolute atomic E-state index is 12.9. The van der Waals surface area contributed by atoms with Crippen LogP contribution in [-0.2, 0) is 16.0 Å². The molecule has 0 amide bonds. The molecular formula is C27H32O6. The first kappa shape index (κ1) is 23.1. The molecule has 0 spiro atoms. The molecule has 6 nitrogen and oxygen atoms in total. The third kappa shape index (κ3) is 4.43. The maximum atomic E-state index is 12.9. The van der Waals surface area contributed by atoms with Gasteiger partial charge in [0.05, 0.1) is 7.11 Å². The van der Waals surface area contributed by atoms with Gasteiger partial charge in [0.15, 0.2) is 17.3 Å². The molecule has 0 heterocycles. The van der Waals surface area contributed by atoms with Crippen molar-refractivity contribution >= 4 is 11.8 Å². The average molecular weight is 453 g/mol. The van der Waals surface area contributed by atoms with E-state index < -0.39 is 5.41 Å². The van der Waals surface area contributed by atoms with Gasteiger partial charge in [-0.3, -0.25) is 9.59 Å². The van der Waals surface area contributed by atoms with Crippen molar-refractivity contribution in [3.8, 4) is 28.4 Å². The van der Waals surface area contributed by atoms with Crippen molar-refractivity contribution in [1.29, 1.82) is 0 Å². The molecule has 1 unspecified atom stereocenters. The van der Waals surface area contributed by atoms with Crippen molar-refractivity contribution in [3.05, 3.63) is 41.5 Å². The summed E-state index contributed by atoms with van der Waals surface area (Å²) in [5, 5.41) is 10.4. The summed E-state index contributed by atoms with van der Waals surface area (Å²) in [6, 6.07) is 9.00. The Labute approximate surface area is 194 Å². The average Bonchev–Trinajstić information content (AvgIpc) is 3.53. The Morgan fingerprint density at radius 3 is 2.48 bits per heavy atom. The Morgan fingerprint density at radius 2 is 1.82 bits per heavy atom. The topological polar surface area (TPSA) is 82.1 Å². The fourth-order valence-corrected chi connectivity index (χ4v) is 4.56. The van der Waals surface area contributed by atoms with Gasteiger partial charge in [-0.25, -0.2) is 0 Å². The van der Waals surface area contributed by atoms with E-state index in [2.05, 4.69) is 6.92 Å². The molecule has 33 heavy (non-hydrogen) atoms. The van der Waals surface area contributed by atoms with Gasteiger partial charge in [0.25, 0.3) is 0 Å². The smallest absolute Gasteiger partial charge is 0.315 e. The molecule has 1 fully saturated rings.